The topological polar surface area (TPSA) is 82.2 Å². The van der Waals surface area contributed by atoms with Crippen molar-refractivity contribution in [3.8, 4) is 17.0 Å². The number of likely N-dealkylation sites (tertiary alicyclic amines) is 1. The van der Waals surface area contributed by atoms with Crippen molar-refractivity contribution < 1.29 is 13.5 Å². The van der Waals surface area contributed by atoms with Crippen molar-refractivity contribution in [1.82, 2.24) is 24.8 Å². The summed E-state index contributed by atoms with van der Waals surface area (Å²) >= 11 is 0. The molecular weight excluding hydrogens is 488 g/mol. The number of imidazole rings is 1. The zero-order chi connectivity index (χ0) is 26.4. The lowest BCUT2D eigenvalue weighted by atomic mass is 9.97. The van der Waals surface area contributed by atoms with Crippen LogP contribution in [0, 0.1) is 11.6 Å². The van der Waals surface area contributed by atoms with E-state index in [-0.39, 0.29) is 23.4 Å². The number of halogens is 2. The summed E-state index contributed by atoms with van der Waals surface area (Å²) in [5.41, 5.74) is 3.48. The molecule has 6 rings (SSSR count). The van der Waals surface area contributed by atoms with Crippen LogP contribution in [0.5, 0.6) is 5.75 Å². The van der Waals surface area contributed by atoms with Gasteiger partial charge in [0.25, 0.3) is 0 Å². The molecule has 0 atom stereocenters. The van der Waals surface area contributed by atoms with Gasteiger partial charge in [0.2, 0.25) is 5.95 Å². The minimum atomic E-state index is -0.631. The molecule has 4 heterocycles. The van der Waals surface area contributed by atoms with Crippen LogP contribution in [0.3, 0.4) is 0 Å². The van der Waals surface area contributed by atoms with Crippen molar-refractivity contribution >= 4 is 28.4 Å². The molecule has 38 heavy (non-hydrogen) atoms. The predicted molar refractivity (Wildman–Crippen MR) is 144 cm³/mol. The Hall–Kier alpha value is -3.79. The molecule has 10 heteroatoms. The number of anilines is 3. The first-order valence-corrected chi connectivity index (χ1v) is 13.1. The molecular formula is C28H31F2N7O. The molecule has 2 aliphatic rings. The first kappa shape index (κ1) is 24.5. The zero-order valence-corrected chi connectivity index (χ0v) is 21.8. The van der Waals surface area contributed by atoms with Gasteiger partial charge in [-0.15, -0.1) is 0 Å². The summed E-state index contributed by atoms with van der Waals surface area (Å²) in [7, 11) is 2.15. The average Bonchev–Trinajstić information content (AvgIpc) is 3.33. The summed E-state index contributed by atoms with van der Waals surface area (Å²) < 4.78 is 35.5. The van der Waals surface area contributed by atoms with Gasteiger partial charge >= 0.3 is 0 Å². The van der Waals surface area contributed by atoms with Gasteiger partial charge in [-0.3, -0.25) is 0 Å². The van der Waals surface area contributed by atoms with Gasteiger partial charge in [0.1, 0.15) is 18.1 Å². The summed E-state index contributed by atoms with van der Waals surface area (Å²) in [4.78, 5) is 21.2. The minimum Gasteiger partial charge on any atom is -0.486 e. The third-order valence-electron chi connectivity index (χ3n) is 7.42. The summed E-state index contributed by atoms with van der Waals surface area (Å²) in [5, 5.41) is 3.15. The van der Waals surface area contributed by atoms with Crippen LogP contribution in [0.1, 0.15) is 38.4 Å². The molecule has 8 nitrogen and oxygen atoms in total. The molecule has 0 spiro atoms. The van der Waals surface area contributed by atoms with Crippen molar-refractivity contribution in [3.63, 3.8) is 0 Å². The van der Waals surface area contributed by atoms with E-state index >= 15 is 0 Å². The zero-order valence-electron chi connectivity index (χ0n) is 21.8. The highest BCUT2D eigenvalue weighted by molar-refractivity contribution is 5.80. The third kappa shape index (κ3) is 4.64. The number of benzene rings is 2. The van der Waals surface area contributed by atoms with Crippen molar-refractivity contribution in [2.75, 3.05) is 43.5 Å². The highest BCUT2D eigenvalue weighted by Crippen LogP contribution is 2.39. The summed E-state index contributed by atoms with van der Waals surface area (Å²) in [6, 6.07) is 8.92. The third-order valence-corrected chi connectivity index (χ3v) is 7.42. The second-order valence-electron chi connectivity index (χ2n) is 10.4. The summed E-state index contributed by atoms with van der Waals surface area (Å²) in [5.74, 6) is 0.662. The number of H-pyrrole nitrogens is 1. The quantitative estimate of drug-likeness (QED) is 0.362. The van der Waals surface area contributed by atoms with Gasteiger partial charge in [0.05, 0.1) is 29.5 Å². The molecule has 0 radical (unpaired) electrons. The Bertz CT molecular complexity index is 1480. The number of piperidine rings is 1. The fourth-order valence-corrected chi connectivity index (χ4v) is 5.31. The van der Waals surface area contributed by atoms with Crippen LogP contribution < -0.4 is 15.0 Å². The Balaban J connectivity index is 1.28. The van der Waals surface area contributed by atoms with Gasteiger partial charge in [-0.1, -0.05) is 0 Å². The highest BCUT2D eigenvalue weighted by Gasteiger charge is 2.26. The van der Waals surface area contributed by atoms with E-state index in [0.717, 1.165) is 54.7 Å². The minimum absolute atomic E-state index is 0.0175. The SMILES string of the molecule is CC(C)N1CCOc2c(F)cc(-c3nc(Nc4ccc5[nH]c(C6CCN(C)CC6)nc5c4)ncc3F)cc21. The highest BCUT2D eigenvalue weighted by atomic mass is 19.1. The Morgan fingerprint density at radius 1 is 1.05 bits per heavy atom. The summed E-state index contributed by atoms with van der Waals surface area (Å²) in [6.07, 6.45) is 3.26. The molecule has 198 valence electrons. The molecule has 2 aliphatic heterocycles. The molecule has 0 saturated carbocycles. The Labute approximate surface area is 220 Å². The number of hydrogen-bond donors (Lipinski definition) is 2. The van der Waals surface area contributed by atoms with E-state index in [1.807, 2.05) is 36.9 Å². The number of fused-ring (bicyclic) bond motifs is 2. The van der Waals surface area contributed by atoms with Gasteiger partial charge in [-0.2, -0.15) is 0 Å². The number of nitrogens with one attached hydrogen (secondary N) is 2. The first-order chi connectivity index (χ1) is 18.4. The molecule has 4 aromatic rings. The lowest BCUT2D eigenvalue weighted by Crippen LogP contribution is -2.38. The van der Waals surface area contributed by atoms with E-state index in [2.05, 4.69) is 32.2 Å². The number of nitrogens with zero attached hydrogens (tertiary/aromatic N) is 5. The van der Waals surface area contributed by atoms with E-state index in [9.17, 15) is 8.78 Å². The van der Waals surface area contributed by atoms with Crippen LogP contribution >= 0.6 is 0 Å². The molecule has 0 amide bonds. The Kier molecular flexibility index (Phi) is 6.35. The number of ether oxygens (including phenoxy) is 1. The van der Waals surface area contributed by atoms with Crippen LogP contribution in [0.15, 0.2) is 36.5 Å². The maximum Gasteiger partial charge on any atom is 0.227 e. The smallest absolute Gasteiger partial charge is 0.227 e. The van der Waals surface area contributed by atoms with Gasteiger partial charge in [0.15, 0.2) is 17.4 Å². The Morgan fingerprint density at radius 3 is 2.66 bits per heavy atom. The molecule has 1 fully saturated rings. The fraction of sp³-hybridized carbons (Fsp3) is 0.393. The normalized spacial score (nSPS) is 16.6. The van der Waals surface area contributed by atoms with Crippen LogP contribution in [0.25, 0.3) is 22.3 Å². The van der Waals surface area contributed by atoms with E-state index < -0.39 is 11.6 Å². The molecule has 2 aromatic carbocycles. The van der Waals surface area contributed by atoms with Crippen molar-refractivity contribution in [1.29, 1.82) is 0 Å². The van der Waals surface area contributed by atoms with Crippen molar-refractivity contribution in [3.05, 3.63) is 54.0 Å². The van der Waals surface area contributed by atoms with Crippen LogP contribution in [-0.4, -0.2) is 64.2 Å². The van der Waals surface area contributed by atoms with Crippen molar-refractivity contribution in [2.45, 2.75) is 38.6 Å². The number of rotatable bonds is 5. The van der Waals surface area contributed by atoms with Gasteiger partial charge in [0, 0.05) is 23.2 Å². The standard InChI is InChI=1S/C28H31F2N7O/c1-16(2)37-10-11-38-26-20(29)12-18(13-24(26)37)25-21(30)15-31-28(35-25)32-19-4-5-22-23(14-19)34-27(33-22)17-6-8-36(3)9-7-17/h4-5,12-17H,6-11H2,1-3H3,(H,33,34)(H,31,32,35). The maximum atomic E-state index is 15.0. The van der Waals surface area contributed by atoms with E-state index in [0.29, 0.717) is 30.3 Å². The van der Waals surface area contributed by atoms with E-state index in [1.165, 1.54) is 6.07 Å². The molecule has 0 aliphatic carbocycles. The number of aromatic amines is 1. The average molecular weight is 520 g/mol. The molecule has 0 bridgehead atoms. The second-order valence-corrected chi connectivity index (χ2v) is 10.4. The maximum absolute atomic E-state index is 15.0. The fourth-order valence-electron chi connectivity index (χ4n) is 5.31. The predicted octanol–water partition coefficient (Wildman–Crippen LogP) is 5.46. The van der Waals surface area contributed by atoms with Gasteiger partial charge in [-0.05, 0) is 77.2 Å². The van der Waals surface area contributed by atoms with E-state index in [4.69, 9.17) is 9.72 Å². The molecule has 1 saturated heterocycles. The van der Waals surface area contributed by atoms with E-state index in [1.54, 1.807) is 6.07 Å². The number of aromatic nitrogens is 4. The molecule has 2 N–H and O–H groups in total. The lowest BCUT2D eigenvalue weighted by Gasteiger charge is -2.34. The molecule has 0 unspecified atom stereocenters. The van der Waals surface area contributed by atoms with Gasteiger partial charge < -0.3 is 24.8 Å². The van der Waals surface area contributed by atoms with Crippen LogP contribution in [0.2, 0.25) is 0 Å². The first-order valence-electron chi connectivity index (χ1n) is 13.1. The van der Waals surface area contributed by atoms with Crippen LogP contribution in [0.4, 0.5) is 26.1 Å². The van der Waals surface area contributed by atoms with Gasteiger partial charge in [-0.25, -0.2) is 23.7 Å². The lowest BCUT2D eigenvalue weighted by molar-refractivity contribution is 0.252. The largest absolute Gasteiger partial charge is 0.486 e. The van der Waals surface area contributed by atoms with Crippen LogP contribution in [-0.2, 0) is 0 Å². The second kappa shape index (κ2) is 9.83. The Morgan fingerprint density at radius 2 is 1.87 bits per heavy atom. The van der Waals surface area contributed by atoms with Crippen molar-refractivity contribution in [2.24, 2.45) is 0 Å². The number of hydrogen-bond acceptors (Lipinski definition) is 7. The molecule has 2 aromatic heterocycles. The summed E-state index contributed by atoms with van der Waals surface area (Å²) in [6.45, 7) is 7.21. The monoisotopic (exact) mass is 519 g/mol.